The number of imidazole rings is 1. The third-order valence-corrected chi connectivity index (χ3v) is 2.04. The van der Waals surface area contributed by atoms with E-state index in [1.54, 1.807) is 29.9 Å². The second-order valence-corrected chi connectivity index (χ2v) is 3.01. The molecule has 0 atom stereocenters. The Labute approximate surface area is 91.3 Å². The standard InChI is InChI=1S/C10H8N3O3/c1-16-9-4-2-8(3-5-9)12-6-10(11-7-12)13(14)15/h2-4,6-7H,1H3. The molecule has 16 heavy (non-hydrogen) atoms. The third-order valence-electron chi connectivity index (χ3n) is 2.04. The summed E-state index contributed by atoms with van der Waals surface area (Å²) >= 11 is 0. The lowest BCUT2D eigenvalue weighted by Gasteiger charge is -2.01. The molecular formula is C10H8N3O3. The first kappa shape index (κ1) is 10.2. The zero-order chi connectivity index (χ0) is 11.5. The minimum Gasteiger partial charge on any atom is -0.496 e. The Kier molecular flexibility index (Phi) is 2.55. The van der Waals surface area contributed by atoms with Gasteiger partial charge in [0.05, 0.1) is 7.11 Å². The molecule has 6 heteroatoms. The van der Waals surface area contributed by atoms with E-state index in [-0.39, 0.29) is 5.82 Å². The second-order valence-electron chi connectivity index (χ2n) is 3.01. The molecule has 1 heterocycles. The number of hydrogen-bond acceptors (Lipinski definition) is 4. The van der Waals surface area contributed by atoms with Gasteiger partial charge in [0.2, 0.25) is 6.33 Å². The highest BCUT2D eigenvalue weighted by Crippen LogP contribution is 2.16. The lowest BCUT2D eigenvalue weighted by molar-refractivity contribution is -0.389. The number of rotatable bonds is 3. The Hall–Kier alpha value is -2.37. The van der Waals surface area contributed by atoms with Crippen LogP contribution in [0.5, 0.6) is 5.75 Å². The van der Waals surface area contributed by atoms with Gasteiger partial charge in [0, 0.05) is 11.8 Å². The highest BCUT2D eigenvalue weighted by atomic mass is 16.6. The van der Waals surface area contributed by atoms with Crippen molar-refractivity contribution in [2.24, 2.45) is 0 Å². The van der Waals surface area contributed by atoms with Crippen molar-refractivity contribution in [3.8, 4) is 11.4 Å². The zero-order valence-corrected chi connectivity index (χ0v) is 8.45. The smallest absolute Gasteiger partial charge is 0.381 e. The molecule has 1 aromatic heterocycles. The van der Waals surface area contributed by atoms with Crippen LogP contribution in [0.2, 0.25) is 0 Å². The summed E-state index contributed by atoms with van der Waals surface area (Å²) < 4.78 is 6.51. The van der Waals surface area contributed by atoms with Crippen LogP contribution in [0.1, 0.15) is 0 Å². The fraction of sp³-hybridized carbons (Fsp3) is 0.100. The molecule has 0 N–H and O–H groups in total. The topological polar surface area (TPSA) is 70.2 Å². The highest BCUT2D eigenvalue weighted by Gasteiger charge is 2.10. The molecule has 2 rings (SSSR count). The monoisotopic (exact) mass is 218 g/mol. The van der Waals surface area contributed by atoms with E-state index >= 15 is 0 Å². The predicted octanol–water partition coefficient (Wildman–Crippen LogP) is 1.59. The number of aromatic nitrogens is 2. The van der Waals surface area contributed by atoms with Crippen molar-refractivity contribution in [1.29, 1.82) is 0 Å². The van der Waals surface area contributed by atoms with Gasteiger partial charge in [-0.1, -0.05) is 0 Å². The van der Waals surface area contributed by atoms with E-state index in [1.165, 1.54) is 12.5 Å². The van der Waals surface area contributed by atoms with Crippen molar-refractivity contribution in [3.63, 3.8) is 0 Å². The summed E-state index contributed by atoms with van der Waals surface area (Å²) in [6.45, 7) is 0. The van der Waals surface area contributed by atoms with Crippen LogP contribution in [0, 0.1) is 16.2 Å². The molecule has 0 aliphatic rings. The minimum absolute atomic E-state index is 0.184. The normalized spacial score (nSPS) is 10.1. The summed E-state index contributed by atoms with van der Waals surface area (Å²) in [7, 11) is 1.55. The zero-order valence-electron chi connectivity index (χ0n) is 8.45. The van der Waals surface area contributed by atoms with Gasteiger partial charge < -0.3 is 14.9 Å². The molecule has 0 bridgehead atoms. The summed E-state index contributed by atoms with van der Waals surface area (Å²) in [4.78, 5) is 13.6. The largest absolute Gasteiger partial charge is 0.496 e. The van der Waals surface area contributed by atoms with Gasteiger partial charge in [0.1, 0.15) is 11.9 Å². The van der Waals surface area contributed by atoms with Gasteiger partial charge in [0.25, 0.3) is 0 Å². The van der Waals surface area contributed by atoms with Crippen LogP contribution in [0.4, 0.5) is 5.82 Å². The van der Waals surface area contributed by atoms with Crippen LogP contribution >= 0.6 is 0 Å². The number of hydrogen-bond donors (Lipinski definition) is 0. The Morgan fingerprint density at radius 2 is 2.38 bits per heavy atom. The first-order valence-electron chi connectivity index (χ1n) is 4.45. The van der Waals surface area contributed by atoms with Crippen LogP contribution < -0.4 is 4.74 Å². The minimum atomic E-state index is -0.538. The van der Waals surface area contributed by atoms with E-state index < -0.39 is 4.92 Å². The Bertz CT molecular complexity index is 504. The average Bonchev–Trinajstić information content (AvgIpc) is 2.78. The van der Waals surface area contributed by atoms with Gasteiger partial charge in [-0.05, 0) is 28.1 Å². The molecule has 0 aliphatic heterocycles. The molecule has 0 saturated heterocycles. The van der Waals surface area contributed by atoms with Crippen molar-refractivity contribution < 1.29 is 9.66 Å². The van der Waals surface area contributed by atoms with Crippen molar-refractivity contribution in [2.75, 3.05) is 7.11 Å². The SMILES string of the molecule is COc1[c]cc(-n2cnc([N+](=O)[O-])c2)cc1. The van der Waals surface area contributed by atoms with Gasteiger partial charge in [-0.15, -0.1) is 0 Å². The average molecular weight is 218 g/mol. The van der Waals surface area contributed by atoms with E-state index in [0.29, 0.717) is 5.75 Å². The van der Waals surface area contributed by atoms with Gasteiger partial charge >= 0.3 is 5.82 Å². The number of methoxy groups -OCH3 is 1. The second kappa shape index (κ2) is 4.01. The fourth-order valence-electron chi connectivity index (χ4n) is 1.24. The van der Waals surface area contributed by atoms with Crippen molar-refractivity contribution >= 4 is 5.82 Å². The van der Waals surface area contributed by atoms with Crippen molar-refractivity contribution in [2.45, 2.75) is 0 Å². The summed E-state index contributed by atoms with van der Waals surface area (Å²) in [6.07, 6.45) is 2.73. The quantitative estimate of drug-likeness (QED) is 0.579. The first-order chi connectivity index (χ1) is 7.70. The lowest BCUT2D eigenvalue weighted by Crippen LogP contribution is -1.91. The molecule has 0 spiro atoms. The third kappa shape index (κ3) is 1.85. The van der Waals surface area contributed by atoms with Gasteiger partial charge in [-0.25, -0.2) is 0 Å². The van der Waals surface area contributed by atoms with Crippen molar-refractivity contribution in [3.05, 3.63) is 46.9 Å². The summed E-state index contributed by atoms with van der Waals surface area (Å²) in [6, 6.07) is 8.04. The molecule has 0 amide bonds. The Balaban J connectivity index is 2.31. The van der Waals surface area contributed by atoms with Crippen molar-refractivity contribution in [1.82, 2.24) is 9.55 Å². The number of ether oxygens (including phenoxy) is 1. The molecule has 0 unspecified atom stereocenters. The van der Waals surface area contributed by atoms with Crippen LogP contribution in [-0.2, 0) is 0 Å². The fourth-order valence-corrected chi connectivity index (χ4v) is 1.24. The summed E-state index contributed by atoms with van der Waals surface area (Å²) in [5, 5.41) is 10.4. The van der Waals surface area contributed by atoms with E-state index in [1.807, 2.05) is 0 Å². The van der Waals surface area contributed by atoms with E-state index in [0.717, 1.165) is 5.69 Å². The number of nitro groups is 1. The van der Waals surface area contributed by atoms with Crippen LogP contribution in [-0.4, -0.2) is 21.6 Å². The summed E-state index contributed by atoms with van der Waals surface area (Å²) in [5.41, 5.74) is 0.737. The lowest BCUT2D eigenvalue weighted by atomic mass is 10.3. The molecule has 81 valence electrons. The molecule has 2 aromatic rings. The van der Waals surface area contributed by atoms with Crippen LogP contribution in [0.15, 0.2) is 30.7 Å². The predicted molar refractivity (Wildman–Crippen MR) is 55.6 cm³/mol. The maximum atomic E-state index is 10.4. The molecule has 0 aliphatic carbocycles. The molecule has 1 radical (unpaired) electrons. The summed E-state index contributed by atoms with van der Waals surface area (Å²) in [5.74, 6) is 0.425. The maximum Gasteiger partial charge on any atom is 0.381 e. The van der Waals surface area contributed by atoms with Crippen LogP contribution in [0.25, 0.3) is 5.69 Å². The molecule has 6 nitrogen and oxygen atoms in total. The van der Waals surface area contributed by atoms with Gasteiger partial charge in [-0.3, -0.25) is 4.57 Å². The first-order valence-corrected chi connectivity index (χ1v) is 4.45. The van der Waals surface area contributed by atoms with E-state index in [9.17, 15) is 10.1 Å². The van der Waals surface area contributed by atoms with Gasteiger partial charge in [-0.2, -0.15) is 0 Å². The van der Waals surface area contributed by atoms with E-state index in [4.69, 9.17) is 4.74 Å². The van der Waals surface area contributed by atoms with Gasteiger partial charge in [0.15, 0.2) is 0 Å². The number of benzene rings is 1. The highest BCUT2D eigenvalue weighted by molar-refractivity contribution is 5.37. The molecular weight excluding hydrogens is 210 g/mol. The maximum absolute atomic E-state index is 10.4. The Morgan fingerprint density at radius 3 is 2.88 bits per heavy atom. The van der Waals surface area contributed by atoms with Crippen LogP contribution in [0.3, 0.4) is 0 Å². The molecule has 0 saturated carbocycles. The van der Waals surface area contributed by atoms with E-state index in [2.05, 4.69) is 11.1 Å². The molecule has 1 aromatic carbocycles. The molecule has 0 fully saturated rings. The Morgan fingerprint density at radius 1 is 1.56 bits per heavy atom. The number of nitrogens with zero attached hydrogens (tertiary/aromatic N) is 3.